The summed E-state index contributed by atoms with van der Waals surface area (Å²) in [5.74, 6) is 0.975. The number of para-hydroxylation sites is 1. The highest BCUT2D eigenvalue weighted by Crippen LogP contribution is 2.31. The van der Waals surface area contributed by atoms with Crippen LogP contribution < -0.4 is 10.1 Å². The Balaban J connectivity index is 1.91. The zero-order valence-electron chi connectivity index (χ0n) is 14.1. The first-order chi connectivity index (χ1) is 13.1. The van der Waals surface area contributed by atoms with Gasteiger partial charge in [-0.3, -0.25) is 10.1 Å². The Kier molecular flexibility index (Phi) is 5.04. The van der Waals surface area contributed by atoms with E-state index in [1.807, 2.05) is 31.2 Å². The molecule has 0 saturated carbocycles. The average Bonchev–Trinajstić information content (AvgIpc) is 3.18. The number of aromatic amines is 1. The summed E-state index contributed by atoms with van der Waals surface area (Å²) in [7, 11) is 0. The van der Waals surface area contributed by atoms with Crippen molar-refractivity contribution < 1.29 is 9.66 Å². The largest absolute Gasteiger partial charge is 0.457 e. The molecule has 27 heavy (non-hydrogen) atoms. The van der Waals surface area contributed by atoms with E-state index in [1.54, 1.807) is 12.1 Å². The van der Waals surface area contributed by atoms with E-state index in [0.29, 0.717) is 11.4 Å². The zero-order valence-corrected chi connectivity index (χ0v) is 14.1. The number of H-pyrrole nitrogens is 1. The van der Waals surface area contributed by atoms with Crippen molar-refractivity contribution in [2.45, 2.75) is 6.92 Å². The number of hydrogen-bond donors (Lipinski definition) is 2. The van der Waals surface area contributed by atoms with Gasteiger partial charge in [0.15, 0.2) is 0 Å². The van der Waals surface area contributed by atoms with Crippen LogP contribution >= 0.6 is 0 Å². The number of nitro groups is 1. The number of tetrazole rings is 1. The molecular formula is C17H13N7O3. The summed E-state index contributed by atoms with van der Waals surface area (Å²) < 4.78 is 5.78. The molecule has 0 aliphatic carbocycles. The molecule has 0 unspecified atom stereocenters. The second-order valence-corrected chi connectivity index (χ2v) is 5.39. The van der Waals surface area contributed by atoms with Crippen molar-refractivity contribution in [1.82, 2.24) is 20.6 Å². The molecule has 1 heterocycles. The van der Waals surface area contributed by atoms with Gasteiger partial charge >= 0.3 is 0 Å². The number of ether oxygens (including phenoxy) is 1. The summed E-state index contributed by atoms with van der Waals surface area (Å²) in [4.78, 5) is 10.7. The maximum Gasteiger partial charge on any atom is 0.275 e. The first-order valence-corrected chi connectivity index (χ1v) is 7.70. The molecule has 1 aromatic heterocycles. The van der Waals surface area contributed by atoms with E-state index >= 15 is 0 Å². The molecule has 10 nitrogen and oxygen atoms in total. The van der Waals surface area contributed by atoms with Crippen LogP contribution in [0, 0.1) is 28.4 Å². The first kappa shape index (κ1) is 17.6. The van der Waals surface area contributed by atoms with Crippen molar-refractivity contribution in [2.75, 3.05) is 5.32 Å². The third-order valence-corrected chi connectivity index (χ3v) is 3.51. The molecule has 0 radical (unpaired) electrons. The monoisotopic (exact) mass is 363 g/mol. The number of benzene rings is 2. The van der Waals surface area contributed by atoms with Crippen LogP contribution in [0.25, 0.3) is 5.57 Å². The number of allylic oxidation sites excluding steroid dienone is 1. The van der Waals surface area contributed by atoms with Crippen LogP contribution in [0.4, 0.5) is 11.4 Å². The lowest BCUT2D eigenvalue weighted by Gasteiger charge is -2.10. The van der Waals surface area contributed by atoms with Crippen LogP contribution in [0.3, 0.4) is 0 Å². The van der Waals surface area contributed by atoms with Crippen LogP contribution in [0.1, 0.15) is 11.4 Å². The fourth-order valence-corrected chi connectivity index (χ4v) is 2.21. The normalized spacial score (nSPS) is 10.9. The number of rotatable bonds is 6. The van der Waals surface area contributed by atoms with Crippen molar-refractivity contribution in [3.05, 3.63) is 70.2 Å². The average molecular weight is 363 g/mol. The number of nitro benzene ring substituents is 1. The summed E-state index contributed by atoms with van der Waals surface area (Å²) in [6.45, 7) is 1.87. The van der Waals surface area contributed by atoms with Gasteiger partial charge in [0.1, 0.15) is 23.1 Å². The lowest BCUT2D eigenvalue weighted by Crippen LogP contribution is -1.96. The lowest BCUT2D eigenvalue weighted by molar-refractivity contribution is -0.384. The van der Waals surface area contributed by atoms with Gasteiger partial charge in [-0.05, 0) is 23.8 Å². The number of aryl methyl sites for hydroxylation is 1. The van der Waals surface area contributed by atoms with Crippen LogP contribution in [-0.2, 0) is 0 Å². The van der Waals surface area contributed by atoms with Crippen molar-refractivity contribution in [3.63, 3.8) is 0 Å². The SMILES string of the molecule is Cc1ccccc1Oc1cc(NC=C(C#N)c2nn[nH]n2)cc([N+](=O)[O-])c1. The molecule has 10 heteroatoms. The summed E-state index contributed by atoms with van der Waals surface area (Å²) in [6, 6.07) is 13.5. The number of nitriles is 1. The summed E-state index contributed by atoms with van der Waals surface area (Å²) in [6.07, 6.45) is 1.33. The molecule has 0 amide bonds. The van der Waals surface area contributed by atoms with Gasteiger partial charge in [-0.1, -0.05) is 18.2 Å². The molecule has 0 bridgehead atoms. The molecule has 3 aromatic rings. The highest BCUT2D eigenvalue weighted by Gasteiger charge is 2.12. The molecule has 0 aliphatic rings. The van der Waals surface area contributed by atoms with Gasteiger partial charge in [0.25, 0.3) is 5.69 Å². The maximum absolute atomic E-state index is 11.2. The van der Waals surface area contributed by atoms with E-state index in [2.05, 4.69) is 25.9 Å². The van der Waals surface area contributed by atoms with Crippen LogP contribution in [0.5, 0.6) is 11.5 Å². The third-order valence-electron chi connectivity index (χ3n) is 3.51. The first-order valence-electron chi connectivity index (χ1n) is 7.70. The number of aromatic nitrogens is 4. The van der Waals surface area contributed by atoms with Gasteiger partial charge in [-0.2, -0.15) is 10.5 Å². The predicted molar refractivity (Wildman–Crippen MR) is 95.7 cm³/mol. The third kappa shape index (κ3) is 4.23. The topological polar surface area (TPSA) is 143 Å². The maximum atomic E-state index is 11.2. The summed E-state index contributed by atoms with van der Waals surface area (Å²) in [5, 5.41) is 36.3. The highest BCUT2D eigenvalue weighted by atomic mass is 16.6. The van der Waals surface area contributed by atoms with Crippen LogP contribution in [0.15, 0.2) is 48.7 Å². The van der Waals surface area contributed by atoms with Crippen LogP contribution in [-0.4, -0.2) is 25.5 Å². The zero-order chi connectivity index (χ0) is 19.2. The molecule has 0 fully saturated rings. The molecule has 0 spiro atoms. The fourth-order valence-electron chi connectivity index (χ4n) is 2.21. The van der Waals surface area contributed by atoms with E-state index in [1.165, 1.54) is 18.3 Å². The predicted octanol–water partition coefficient (Wildman–Crippen LogP) is 3.19. The Bertz CT molecular complexity index is 1040. The Morgan fingerprint density at radius 1 is 1.37 bits per heavy atom. The molecule has 2 N–H and O–H groups in total. The Hall–Kier alpha value is -4.26. The number of nitrogens with zero attached hydrogens (tertiary/aromatic N) is 5. The Labute approximate surface area is 153 Å². The van der Waals surface area contributed by atoms with Gasteiger partial charge in [0, 0.05) is 24.0 Å². The lowest BCUT2D eigenvalue weighted by atomic mass is 10.2. The second kappa shape index (κ2) is 7.75. The van der Waals surface area contributed by atoms with Gasteiger partial charge in [0.05, 0.1) is 11.0 Å². The highest BCUT2D eigenvalue weighted by molar-refractivity contribution is 5.74. The van der Waals surface area contributed by atoms with E-state index in [4.69, 9.17) is 4.74 Å². The van der Waals surface area contributed by atoms with E-state index in [9.17, 15) is 15.4 Å². The second-order valence-electron chi connectivity index (χ2n) is 5.39. The fraction of sp³-hybridized carbons (Fsp3) is 0.0588. The Morgan fingerprint density at radius 2 is 2.19 bits per heavy atom. The number of nitrogens with one attached hydrogen (secondary N) is 2. The number of hydrogen-bond acceptors (Lipinski definition) is 8. The summed E-state index contributed by atoms with van der Waals surface area (Å²) >= 11 is 0. The van der Waals surface area contributed by atoms with Gasteiger partial charge in [-0.25, -0.2) is 0 Å². The molecule has 0 aliphatic heterocycles. The molecule has 0 atom stereocenters. The quantitative estimate of drug-likeness (QED) is 0.386. The van der Waals surface area contributed by atoms with E-state index in [-0.39, 0.29) is 22.8 Å². The smallest absolute Gasteiger partial charge is 0.275 e. The van der Waals surface area contributed by atoms with Crippen molar-refractivity contribution in [2.24, 2.45) is 0 Å². The molecule has 3 rings (SSSR count). The number of non-ortho nitro benzene ring substituents is 1. The van der Waals surface area contributed by atoms with Crippen LogP contribution in [0.2, 0.25) is 0 Å². The standard InChI is InChI=1S/C17H13N7O3/c1-11-4-2-3-5-16(11)27-15-7-13(6-14(8-15)24(25)26)19-10-12(9-18)17-20-22-23-21-17/h2-8,10,19H,1H3,(H,20,21,22,23). The Morgan fingerprint density at radius 3 is 2.85 bits per heavy atom. The van der Waals surface area contributed by atoms with Gasteiger partial charge < -0.3 is 10.1 Å². The minimum absolute atomic E-state index is 0.104. The molecule has 0 saturated heterocycles. The van der Waals surface area contributed by atoms with E-state index < -0.39 is 4.92 Å². The molecular weight excluding hydrogens is 350 g/mol. The molecule has 134 valence electrons. The number of anilines is 1. The van der Waals surface area contributed by atoms with Crippen molar-refractivity contribution in [1.29, 1.82) is 5.26 Å². The van der Waals surface area contributed by atoms with Gasteiger partial charge in [-0.15, -0.1) is 10.2 Å². The minimum atomic E-state index is -0.524. The van der Waals surface area contributed by atoms with Crippen molar-refractivity contribution >= 4 is 16.9 Å². The minimum Gasteiger partial charge on any atom is -0.457 e. The van der Waals surface area contributed by atoms with Gasteiger partial charge in [0.2, 0.25) is 5.82 Å². The van der Waals surface area contributed by atoms with Crippen molar-refractivity contribution in [3.8, 4) is 17.6 Å². The summed E-state index contributed by atoms with van der Waals surface area (Å²) in [5.41, 5.74) is 1.21. The van der Waals surface area contributed by atoms with E-state index in [0.717, 1.165) is 5.56 Å². The molecule has 2 aromatic carbocycles.